The second-order valence-electron chi connectivity index (χ2n) is 4.27. The van der Waals surface area contributed by atoms with Crippen LogP contribution in [-0.4, -0.2) is 53.5 Å². The first-order valence-corrected chi connectivity index (χ1v) is 6.74. The second-order valence-corrected chi connectivity index (χ2v) is 4.65. The lowest BCUT2D eigenvalue weighted by Gasteiger charge is -2.34. The molecule has 0 radical (unpaired) electrons. The van der Waals surface area contributed by atoms with Crippen LogP contribution in [0.1, 0.15) is 12.8 Å². The normalized spacial score (nSPS) is 17.4. The molecular formula is C12H19ClN4. The molecule has 0 saturated carbocycles. The van der Waals surface area contributed by atoms with Crippen LogP contribution in [0.2, 0.25) is 0 Å². The Hall–Kier alpha value is -0.870. The summed E-state index contributed by atoms with van der Waals surface area (Å²) in [4.78, 5) is 13.3. The van der Waals surface area contributed by atoms with Crippen molar-refractivity contribution in [1.29, 1.82) is 0 Å². The topological polar surface area (TPSA) is 32.3 Å². The van der Waals surface area contributed by atoms with Crippen LogP contribution in [0.15, 0.2) is 18.5 Å². The molecule has 0 bridgehead atoms. The molecule has 2 heterocycles. The van der Waals surface area contributed by atoms with E-state index in [4.69, 9.17) is 11.6 Å². The van der Waals surface area contributed by atoms with Gasteiger partial charge in [-0.3, -0.25) is 4.90 Å². The van der Waals surface area contributed by atoms with Crippen LogP contribution in [0.5, 0.6) is 0 Å². The van der Waals surface area contributed by atoms with Gasteiger partial charge in [0.05, 0.1) is 0 Å². The van der Waals surface area contributed by atoms with E-state index in [0.717, 1.165) is 51.0 Å². The van der Waals surface area contributed by atoms with Gasteiger partial charge in [0.1, 0.15) is 0 Å². The molecule has 4 nitrogen and oxygen atoms in total. The van der Waals surface area contributed by atoms with E-state index in [0.29, 0.717) is 0 Å². The van der Waals surface area contributed by atoms with Crippen LogP contribution in [0.25, 0.3) is 0 Å². The van der Waals surface area contributed by atoms with Crippen molar-refractivity contribution in [3.05, 3.63) is 18.5 Å². The van der Waals surface area contributed by atoms with Gasteiger partial charge in [-0.05, 0) is 25.5 Å². The molecule has 2 rings (SSSR count). The standard InChI is InChI=1S/C12H19ClN4/c13-4-1-2-7-16-8-10-17(11-9-16)12-14-5-3-6-15-12/h3,5-6H,1-2,4,7-11H2. The molecule has 0 spiro atoms. The number of alkyl halides is 1. The van der Waals surface area contributed by atoms with Gasteiger partial charge in [-0.25, -0.2) is 9.97 Å². The monoisotopic (exact) mass is 254 g/mol. The number of halogens is 1. The molecule has 0 atom stereocenters. The summed E-state index contributed by atoms with van der Waals surface area (Å²) in [5, 5.41) is 0. The zero-order valence-electron chi connectivity index (χ0n) is 10.1. The van der Waals surface area contributed by atoms with Crippen molar-refractivity contribution < 1.29 is 0 Å². The fourth-order valence-electron chi connectivity index (χ4n) is 2.06. The Balaban J connectivity index is 1.74. The van der Waals surface area contributed by atoms with Crippen LogP contribution in [0.4, 0.5) is 5.95 Å². The Bertz CT molecular complexity index is 312. The maximum absolute atomic E-state index is 5.68. The van der Waals surface area contributed by atoms with Crippen molar-refractivity contribution in [1.82, 2.24) is 14.9 Å². The third kappa shape index (κ3) is 3.82. The van der Waals surface area contributed by atoms with Gasteiger partial charge in [0.2, 0.25) is 5.95 Å². The summed E-state index contributed by atoms with van der Waals surface area (Å²) < 4.78 is 0. The SMILES string of the molecule is ClCCCCN1CCN(c2ncccn2)CC1. The van der Waals surface area contributed by atoms with E-state index < -0.39 is 0 Å². The van der Waals surface area contributed by atoms with Gasteiger partial charge in [0.15, 0.2) is 0 Å². The number of nitrogens with zero attached hydrogens (tertiary/aromatic N) is 4. The van der Waals surface area contributed by atoms with Gasteiger partial charge in [-0.2, -0.15) is 0 Å². The molecule has 0 aromatic carbocycles. The lowest BCUT2D eigenvalue weighted by Crippen LogP contribution is -2.47. The van der Waals surface area contributed by atoms with Crippen molar-refractivity contribution in [3.8, 4) is 0 Å². The van der Waals surface area contributed by atoms with E-state index >= 15 is 0 Å². The molecule has 1 aliphatic heterocycles. The zero-order chi connectivity index (χ0) is 11.9. The summed E-state index contributed by atoms with van der Waals surface area (Å²) in [6, 6.07) is 1.85. The van der Waals surface area contributed by atoms with E-state index in [1.54, 1.807) is 12.4 Å². The van der Waals surface area contributed by atoms with Crippen LogP contribution in [-0.2, 0) is 0 Å². The average Bonchev–Trinajstić information content (AvgIpc) is 2.41. The average molecular weight is 255 g/mol. The Morgan fingerprint density at radius 3 is 2.41 bits per heavy atom. The van der Waals surface area contributed by atoms with Crippen molar-refractivity contribution in [3.63, 3.8) is 0 Å². The minimum Gasteiger partial charge on any atom is -0.338 e. The first-order valence-electron chi connectivity index (χ1n) is 6.20. The number of rotatable bonds is 5. The third-order valence-electron chi connectivity index (χ3n) is 3.07. The maximum atomic E-state index is 5.68. The second kappa shape index (κ2) is 6.77. The molecule has 0 N–H and O–H groups in total. The molecule has 1 fully saturated rings. The van der Waals surface area contributed by atoms with E-state index in [1.807, 2.05) is 6.07 Å². The molecule has 94 valence electrons. The van der Waals surface area contributed by atoms with Crippen LogP contribution >= 0.6 is 11.6 Å². The minimum absolute atomic E-state index is 0.776. The van der Waals surface area contributed by atoms with Gasteiger partial charge >= 0.3 is 0 Å². The molecule has 0 unspecified atom stereocenters. The van der Waals surface area contributed by atoms with Crippen molar-refractivity contribution in [2.24, 2.45) is 0 Å². The van der Waals surface area contributed by atoms with Gasteiger partial charge in [-0.1, -0.05) is 0 Å². The molecule has 1 saturated heterocycles. The lowest BCUT2D eigenvalue weighted by molar-refractivity contribution is 0.253. The van der Waals surface area contributed by atoms with Crippen molar-refractivity contribution >= 4 is 17.5 Å². The Morgan fingerprint density at radius 2 is 1.76 bits per heavy atom. The molecule has 0 aliphatic carbocycles. The highest BCUT2D eigenvalue weighted by molar-refractivity contribution is 6.17. The largest absolute Gasteiger partial charge is 0.338 e. The number of anilines is 1. The first kappa shape index (κ1) is 12.6. The van der Waals surface area contributed by atoms with Gasteiger partial charge in [-0.15, -0.1) is 11.6 Å². The zero-order valence-corrected chi connectivity index (χ0v) is 10.8. The summed E-state index contributed by atoms with van der Waals surface area (Å²) in [5.41, 5.74) is 0. The van der Waals surface area contributed by atoms with Gasteiger partial charge in [0.25, 0.3) is 0 Å². The number of hydrogen-bond donors (Lipinski definition) is 0. The third-order valence-corrected chi connectivity index (χ3v) is 3.33. The van der Waals surface area contributed by atoms with Crippen LogP contribution < -0.4 is 4.90 Å². The molecule has 1 aliphatic rings. The summed E-state index contributed by atoms with van der Waals surface area (Å²) in [7, 11) is 0. The molecule has 17 heavy (non-hydrogen) atoms. The minimum atomic E-state index is 0.776. The predicted octanol–water partition coefficient (Wildman–Crippen LogP) is 1.62. The van der Waals surface area contributed by atoms with Crippen molar-refractivity contribution in [2.75, 3.05) is 43.5 Å². The predicted molar refractivity (Wildman–Crippen MR) is 70.6 cm³/mol. The molecular weight excluding hydrogens is 236 g/mol. The van der Waals surface area contributed by atoms with Crippen molar-refractivity contribution in [2.45, 2.75) is 12.8 Å². The molecule has 0 amide bonds. The molecule has 5 heteroatoms. The van der Waals surface area contributed by atoms with Gasteiger partial charge in [0, 0.05) is 44.5 Å². The van der Waals surface area contributed by atoms with E-state index in [9.17, 15) is 0 Å². The smallest absolute Gasteiger partial charge is 0.225 e. The number of aromatic nitrogens is 2. The van der Waals surface area contributed by atoms with E-state index in [-0.39, 0.29) is 0 Å². The highest BCUT2D eigenvalue weighted by atomic mass is 35.5. The summed E-state index contributed by atoms with van der Waals surface area (Å²) in [5.74, 6) is 1.63. The Morgan fingerprint density at radius 1 is 1.06 bits per heavy atom. The fraction of sp³-hybridized carbons (Fsp3) is 0.667. The van der Waals surface area contributed by atoms with E-state index in [1.165, 1.54) is 6.42 Å². The molecule has 1 aromatic heterocycles. The number of hydrogen-bond acceptors (Lipinski definition) is 4. The summed E-state index contributed by atoms with van der Waals surface area (Å²) in [6.07, 6.45) is 5.92. The van der Waals surface area contributed by atoms with Gasteiger partial charge < -0.3 is 4.90 Å². The number of piperazine rings is 1. The summed E-state index contributed by atoms with van der Waals surface area (Å²) >= 11 is 5.68. The lowest BCUT2D eigenvalue weighted by atomic mass is 10.2. The van der Waals surface area contributed by atoms with E-state index in [2.05, 4.69) is 19.8 Å². The maximum Gasteiger partial charge on any atom is 0.225 e. The number of unbranched alkanes of at least 4 members (excludes halogenated alkanes) is 1. The summed E-state index contributed by atoms with van der Waals surface area (Å²) in [6.45, 7) is 5.40. The van der Waals surface area contributed by atoms with Crippen LogP contribution in [0, 0.1) is 0 Å². The quantitative estimate of drug-likeness (QED) is 0.591. The first-order chi connectivity index (χ1) is 8.40. The Kier molecular flexibility index (Phi) is 5.01. The Labute approximate surface area is 108 Å². The fourth-order valence-corrected chi connectivity index (χ4v) is 2.24. The molecule has 1 aromatic rings. The highest BCUT2D eigenvalue weighted by Crippen LogP contribution is 2.10. The van der Waals surface area contributed by atoms with Crippen LogP contribution in [0.3, 0.4) is 0 Å². The highest BCUT2D eigenvalue weighted by Gasteiger charge is 2.17.